The molecule has 21 heavy (non-hydrogen) atoms. The summed E-state index contributed by atoms with van der Waals surface area (Å²) in [7, 11) is 0. The van der Waals surface area contributed by atoms with E-state index in [0.29, 0.717) is 6.54 Å². The lowest BCUT2D eigenvalue weighted by atomic mass is 10.1. The Balaban J connectivity index is 2.13. The minimum absolute atomic E-state index is 0.0930. The summed E-state index contributed by atoms with van der Waals surface area (Å²) >= 11 is 0. The lowest BCUT2D eigenvalue weighted by Crippen LogP contribution is -2.38. The number of hydrogen-bond donors (Lipinski definition) is 2. The number of aliphatic hydroxyl groups excluding tert-OH is 1. The van der Waals surface area contributed by atoms with E-state index in [1.807, 2.05) is 36.4 Å². The summed E-state index contributed by atoms with van der Waals surface area (Å²) in [6.45, 7) is 2.37. The number of benzene rings is 2. The van der Waals surface area contributed by atoms with Crippen LogP contribution in [-0.4, -0.2) is 29.2 Å². The Morgan fingerprint density at radius 1 is 0.857 bits per heavy atom. The maximum atomic E-state index is 9.69. The second-order valence-corrected chi connectivity index (χ2v) is 5.29. The van der Waals surface area contributed by atoms with Crippen molar-refractivity contribution in [2.24, 2.45) is 5.73 Å². The van der Waals surface area contributed by atoms with Crippen LogP contribution in [0, 0.1) is 0 Å². The topological polar surface area (TPSA) is 49.5 Å². The number of nitrogens with two attached hydrogens (primary N) is 1. The van der Waals surface area contributed by atoms with E-state index >= 15 is 0 Å². The molecule has 2 rings (SSSR count). The van der Waals surface area contributed by atoms with Crippen LogP contribution in [0.5, 0.6) is 0 Å². The molecule has 0 aliphatic rings. The number of nitrogens with zero attached hydrogens (tertiary/aromatic N) is 1. The van der Waals surface area contributed by atoms with Gasteiger partial charge < -0.3 is 10.8 Å². The predicted molar refractivity (Wildman–Crippen MR) is 86.7 cm³/mol. The molecule has 3 nitrogen and oxygen atoms in total. The van der Waals surface area contributed by atoms with Gasteiger partial charge in [0.25, 0.3) is 0 Å². The Labute approximate surface area is 127 Å². The summed E-state index contributed by atoms with van der Waals surface area (Å²) in [5.41, 5.74) is 8.20. The number of rotatable bonds is 8. The van der Waals surface area contributed by atoms with Crippen LogP contribution < -0.4 is 5.73 Å². The van der Waals surface area contributed by atoms with E-state index in [1.54, 1.807) is 0 Å². The summed E-state index contributed by atoms with van der Waals surface area (Å²) in [5.74, 6) is 0. The fourth-order valence-corrected chi connectivity index (χ4v) is 2.53. The molecule has 0 unspecified atom stereocenters. The number of hydrogen-bond acceptors (Lipinski definition) is 3. The van der Waals surface area contributed by atoms with E-state index in [9.17, 15) is 5.11 Å². The van der Waals surface area contributed by atoms with Crippen molar-refractivity contribution in [3.8, 4) is 0 Å². The van der Waals surface area contributed by atoms with Crippen LogP contribution in [0.15, 0.2) is 60.7 Å². The SMILES string of the molecule is NCC[C@@H](CO)N(Cc1ccccc1)Cc1ccccc1. The van der Waals surface area contributed by atoms with Gasteiger partial charge in [0.1, 0.15) is 0 Å². The molecule has 0 fully saturated rings. The van der Waals surface area contributed by atoms with Crippen molar-refractivity contribution in [1.82, 2.24) is 4.90 Å². The number of aliphatic hydroxyl groups is 1. The van der Waals surface area contributed by atoms with Crippen molar-refractivity contribution in [3.63, 3.8) is 0 Å². The van der Waals surface area contributed by atoms with E-state index in [2.05, 4.69) is 29.2 Å². The van der Waals surface area contributed by atoms with Crippen molar-refractivity contribution in [3.05, 3.63) is 71.8 Å². The molecule has 112 valence electrons. The average Bonchev–Trinajstić information content (AvgIpc) is 2.54. The predicted octanol–water partition coefficient (Wildman–Crippen LogP) is 2.40. The average molecular weight is 284 g/mol. The molecule has 0 spiro atoms. The van der Waals surface area contributed by atoms with Crippen LogP contribution in [0.3, 0.4) is 0 Å². The first-order valence-corrected chi connectivity index (χ1v) is 7.46. The second-order valence-electron chi connectivity index (χ2n) is 5.29. The Kier molecular flexibility index (Phi) is 6.41. The molecular formula is C18H24N2O. The molecule has 2 aromatic carbocycles. The zero-order valence-corrected chi connectivity index (χ0v) is 12.4. The first kappa shape index (κ1) is 15.7. The van der Waals surface area contributed by atoms with Crippen molar-refractivity contribution in [2.45, 2.75) is 25.6 Å². The maximum Gasteiger partial charge on any atom is 0.0587 e. The van der Waals surface area contributed by atoms with Gasteiger partial charge in [-0.1, -0.05) is 60.7 Å². The Bertz CT molecular complexity index is 460. The van der Waals surface area contributed by atoms with Crippen molar-refractivity contribution in [2.75, 3.05) is 13.2 Å². The van der Waals surface area contributed by atoms with E-state index in [4.69, 9.17) is 5.73 Å². The molecule has 0 bridgehead atoms. The molecule has 0 heterocycles. The summed E-state index contributed by atoms with van der Waals surface area (Å²) < 4.78 is 0. The molecule has 1 atom stereocenters. The fourth-order valence-electron chi connectivity index (χ4n) is 2.53. The molecule has 0 aliphatic carbocycles. The van der Waals surface area contributed by atoms with Crippen LogP contribution in [0.2, 0.25) is 0 Å². The van der Waals surface area contributed by atoms with Gasteiger partial charge in [-0.2, -0.15) is 0 Å². The minimum Gasteiger partial charge on any atom is -0.395 e. The third-order valence-electron chi connectivity index (χ3n) is 3.68. The second kappa shape index (κ2) is 8.57. The third kappa shape index (κ3) is 4.97. The zero-order valence-electron chi connectivity index (χ0n) is 12.4. The van der Waals surface area contributed by atoms with Gasteiger partial charge in [0.05, 0.1) is 6.61 Å². The molecule has 3 N–H and O–H groups in total. The highest BCUT2D eigenvalue weighted by Crippen LogP contribution is 2.15. The van der Waals surface area contributed by atoms with Crippen LogP contribution in [0.1, 0.15) is 17.5 Å². The molecular weight excluding hydrogens is 260 g/mol. The van der Waals surface area contributed by atoms with Crippen molar-refractivity contribution in [1.29, 1.82) is 0 Å². The van der Waals surface area contributed by atoms with Crippen molar-refractivity contribution < 1.29 is 5.11 Å². The Morgan fingerprint density at radius 3 is 1.71 bits per heavy atom. The van der Waals surface area contributed by atoms with Crippen LogP contribution in [0.4, 0.5) is 0 Å². The van der Waals surface area contributed by atoms with E-state index in [1.165, 1.54) is 11.1 Å². The maximum absolute atomic E-state index is 9.69. The van der Waals surface area contributed by atoms with Gasteiger partial charge in [0.2, 0.25) is 0 Å². The lowest BCUT2D eigenvalue weighted by molar-refractivity contribution is 0.105. The molecule has 0 aliphatic heterocycles. The molecule has 0 saturated heterocycles. The highest BCUT2D eigenvalue weighted by molar-refractivity contribution is 5.17. The van der Waals surface area contributed by atoms with Gasteiger partial charge in [0.15, 0.2) is 0 Å². The van der Waals surface area contributed by atoms with Gasteiger partial charge in [-0.05, 0) is 24.1 Å². The first-order valence-electron chi connectivity index (χ1n) is 7.46. The highest BCUT2D eigenvalue weighted by atomic mass is 16.3. The first-order chi connectivity index (χ1) is 10.3. The zero-order chi connectivity index (χ0) is 14.9. The van der Waals surface area contributed by atoms with E-state index in [-0.39, 0.29) is 12.6 Å². The summed E-state index contributed by atoms with van der Waals surface area (Å²) in [5, 5.41) is 9.69. The summed E-state index contributed by atoms with van der Waals surface area (Å²) in [6.07, 6.45) is 0.802. The molecule has 0 saturated carbocycles. The Morgan fingerprint density at radius 2 is 1.33 bits per heavy atom. The van der Waals surface area contributed by atoms with Gasteiger partial charge in [-0.25, -0.2) is 0 Å². The molecule has 0 aromatic heterocycles. The quantitative estimate of drug-likeness (QED) is 0.782. The minimum atomic E-state index is 0.0930. The van der Waals surface area contributed by atoms with Crippen LogP contribution in [0.25, 0.3) is 0 Å². The van der Waals surface area contributed by atoms with Crippen molar-refractivity contribution >= 4 is 0 Å². The lowest BCUT2D eigenvalue weighted by Gasteiger charge is -2.30. The normalized spacial score (nSPS) is 12.5. The standard InChI is InChI=1S/C18H24N2O/c19-12-11-18(15-21)20(13-16-7-3-1-4-8-16)14-17-9-5-2-6-10-17/h1-10,18,21H,11-15,19H2/t18-/m0/s1. The smallest absolute Gasteiger partial charge is 0.0587 e. The van der Waals surface area contributed by atoms with E-state index in [0.717, 1.165) is 19.5 Å². The van der Waals surface area contributed by atoms with Gasteiger partial charge in [0, 0.05) is 19.1 Å². The van der Waals surface area contributed by atoms with Gasteiger partial charge >= 0.3 is 0 Å². The molecule has 0 amide bonds. The van der Waals surface area contributed by atoms with Gasteiger partial charge in [-0.15, -0.1) is 0 Å². The van der Waals surface area contributed by atoms with Gasteiger partial charge in [-0.3, -0.25) is 4.90 Å². The third-order valence-corrected chi connectivity index (χ3v) is 3.68. The monoisotopic (exact) mass is 284 g/mol. The molecule has 2 aromatic rings. The molecule has 0 radical (unpaired) electrons. The summed E-state index contributed by atoms with van der Waals surface area (Å²) in [4.78, 5) is 2.30. The van der Waals surface area contributed by atoms with Crippen LogP contribution in [-0.2, 0) is 13.1 Å². The fraction of sp³-hybridized carbons (Fsp3) is 0.333. The summed E-state index contributed by atoms with van der Waals surface area (Å²) in [6, 6.07) is 20.8. The largest absolute Gasteiger partial charge is 0.395 e. The molecule has 3 heteroatoms. The van der Waals surface area contributed by atoms with E-state index < -0.39 is 0 Å². The Hall–Kier alpha value is -1.68. The highest BCUT2D eigenvalue weighted by Gasteiger charge is 2.17. The van der Waals surface area contributed by atoms with Crippen LogP contribution >= 0.6 is 0 Å².